The van der Waals surface area contributed by atoms with Crippen molar-refractivity contribution in [2.45, 2.75) is 46.6 Å². The Kier molecular flexibility index (Phi) is 5.78. The van der Waals surface area contributed by atoms with Crippen LogP contribution in [-0.2, 0) is 6.42 Å². The normalized spacial score (nSPS) is 12.0. The van der Waals surface area contributed by atoms with Gasteiger partial charge in [0.25, 0.3) is 11.8 Å². The van der Waals surface area contributed by atoms with Crippen LogP contribution in [0.5, 0.6) is 0 Å². The van der Waals surface area contributed by atoms with Crippen LogP contribution in [-0.4, -0.2) is 27.2 Å². The van der Waals surface area contributed by atoms with Crippen LogP contribution in [0.3, 0.4) is 0 Å². The molecule has 1 unspecified atom stereocenters. The van der Waals surface area contributed by atoms with E-state index in [1.807, 2.05) is 51.2 Å². The number of nitrogens with one attached hydrogen (secondary N) is 2. The highest BCUT2D eigenvalue weighted by atomic mass is 16.2. The topological polar surface area (TPSA) is 75.5 Å². The molecule has 2 aromatic heterocycles. The Balaban J connectivity index is 1.98. The summed E-state index contributed by atoms with van der Waals surface area (Å²) in [5.41, 5.74) is 3.62. The van der Waals surface area contributed by atoms with Crippen molar-refractivity contribution < 1.29 is 9.59 Å². The molecule has 1 atom stereocenters. The zero-order chi connectivity index (χ0) is 20.3. The molecule has 0 radical (unpaired) electrons. The molecule has 0 bridgehead atoms. The molecule has 28 heavy (non-hydrogen) atoms. The van der Waals surface area contributed by atoms with E-state index in [1.54, 1.807) is 16.5 Å². The minimum atomic E-state index is -0.291. The van der Waals surface area contributed by atoms with Crippen molar-refractivity contribution in [1.29, 1.82) is 0 Å². The van der Waals surface area contributed by atoms with Gasteiger partial charge in [-0.3, -0.25) is 14.0 Å². The van der Waals surface area contributed by atoms with Gasteiger partial charge in [0.1, 0.15) is 5.65 Å². The van der Waals surface area contributed by atoms with Crippen LogP contribution in [0.15, 0.2) is 42.6 Å². The molecular weight excluding hydrogens is 352 g/mol. The molecule has 2 N–H and O–H groups in total. The van der Waals surface area contributed by atoms with Gasteiger partial charge in [0.2, 0.25) is 0 Å². The fourth-order valence-corrected chi connectivity index (χ4v) is 2.92. The third-order valence-electron chi connectivity index (χ3n) is 4.83. The molecule has 0 spiro atoms. The molecule has 2 amide bonds. The van der Waals surface area contributed by atoms with Gasteiger partial charge < -0.3 is 10.6 Å². The molecular formula is C22H26N4O2. The summed E-state index contributed by atoms with van der Waals surface area (Å²) in [5.74, 6) is -0.291. The minimum absolute atomic E-state index is 0.0213. The Labute approximate surface area is 165 Å². The summed E-state index contributed by atoms with van der Waals surface area (Å²) in [6.07, 6.45) is 3.57. The molecule has 0 saturated carbocycles. The summed E-state index contributed by atoms with van der Waals surface area (Å²) in [7, 11) is 0. The van der Waals surface area contributed by atoms with Crippen LogP contribution >= 0.6 is 0 Å². The fraction of sp³-hybridized carbons (Fsp3) is 0.318. The Morgan fingerprint density at radius 1 is 1.07 bits per heavy atom. The van der Waals surface area contributed by atoms with Gasteiger partial charge in [-0.1, -0.05) is 32.0 Å². The number of carbonyl (C=O) groups is 2. The lowest BCUT2D eigenvalue weighted by molar-refractivity contribution is 0.0934. The number of anilines is 1. The summed E-state index contributed by atoms with van der Waals surface area (Å²) < 4.78 is 1.73. The number of aryl methyl sites for hydroxylation is 2. The van der Waals surface area contributed by atoms with Gasteiger partial charge in [0, 0.05) is 17.8 Å². The maximum absolute atomic E-state index is 12.9. The van der Waals surface area contributed by atoms with Crippen LogP contribution in [0.2, 0.25) is 0 Å². The van der Waals surface area contributed by atoms with E-state index in [1.165, 1.54) is 0 Å². The zero-order valence-corrected chi connectivity index (χ0v) is 16.7. The molecule has 0 saturated heterocycles. The predicted molar refractivity (Wildman–Crippen MR) is 111 cm³/mol. The number of amides is 2. The van der Waals surface area contributed by atoms with E-state index < -0.39 is 0 Å². The first kappa shape index (κ1) is 19.6. The molecule has 6 heteroatoms. The Bertz CT molecular complexity index is 1010. The lowest BCUT2D eigenvalue weighted by Crippen LogP contribution is -2.33. The van der Waals surface area contributed by atoms with Crippen LogP contribution in [0.25, 0.3) is 5.65 Å². The van der Waals surface area contributed by atoms with Crippen LogP contribution in [0.4, 0.5) is 5.82 Å². The number of carbonyl (C=O) groups excluding carboxylic acids is 2. The smallest absolute Gasteiger partial charge is 0.272 e. The molecule has 1 aromatic carbocycles. The van der Waals surface area contributed by atoms with E-state index in [2.05, 4.69) is 22.5 Å². The zero-order valence-electron chi connectivity index (χ0n) is 16.7. The molecule has 146 valence electrons. The molecule has 3 aromatic rings. The second kappa shape index (κ2) is 8.25. The van der Waals surface area contributed by atoms with E-state index in [0.717, 1.165) is 24.0 Å². The van der Waals surface area contributed by atoms with Crippen molar-refractivity contribution in [1.82, 2.24) is 14.7 Å². The van der Waals surface area contributed by atoms with Crippen LogP contribution in [0.1, 0.15) is 59.2 Å². The Morgan fingerprint density at radius 3 is 2.43 bits per heavy atom. The standard InChI is InChI=1S/C22H26N4O2/c1-5-15(4)23-22(28)19-20(24-18-12-7-14(3)13-26(18)19)25-21(27)17-10-8-16(6-2)9-11-17/h7-13,15H,5-6H2,1-4H3,(H,23,28)(H,25,27). The van der Waals surface area contributed by atoms with Crippen LogP contribution < -0.4 is 10.6 Å². The van der Waals surface area contributed by atoms with Crippen molar-refractivity contribution >= 4 is 23.3 Å². The number of pyridine rings is 1. The van der Waals surface area contributed by atoms with Crippen molar-refractivity contribution in [2.75, 3.05) is 5.32 Å². The van der Waals surface area contributed by atoms with Crippen LogP contribution in [0, 0.1) is 6.92 Å². The molecule has 3 rings (SSSR count). The van der Waals surface area contributed by atoms with Gasteiger partial charge in [-0.05, 0) is 56.0 Å². The summed E-state index contributed by atoms with van der Waals surface area (Å²) in [6, 6.07) is 11.2. The number of fused-ring (bicyclic) bond motifs is 1. The summed E-state index contributed by atoms with van der Waals surface area (Å²) in [5, 5.41) is 5.77. The van der Waals surface area contributed by atoms with Crippen molar-refractivity contribution in [3.63, 3.8) is 0 Å². The van der Waals surface area contributed by atoms with Gasteiger partial charge in [-0.15, -0.1) is 0 Å². The highest BCUT2D eigenvalue weighted by Crippen LogP contribution is 2.20. The van der Waals surface area contributed by atoms with E-state index in [9.17, 15) is 9.59 Å². The Hall–Kier alpha value is -3.15. The second-order valence-corrected chi connectivity index (χ2v) is 7.03. The highest BCUT2D eigenvalue weighted by Gasteiger charge is 2.22. The van der Waals surface area contributed by atoms with E-state index >= 15 is 0 Å². The average molecular weight is 378 g/mol. The van der Waals surface area contributed by atoms with E-state index in [4.69, 9.17) is 0 Å². The first-order chi connectivity index (χ1) is 13.4. The maximum atomic E-state index is 12.9. The summed E-state index contributed by atoms with van der Waals surface area (Å²) in [6.45, 7) is 7.96. The quantitative estimate of drug-likeness (QED) is 0.681. The summed E-state index contributed by atoms with van der Waals surface area (Å²) in [4.78, 5) is 30.1. The van der Waals surface area contributed by atoms with Crippen molar-refractivity contribution in [3.8, 4) is 0 Å². The van der Waals surface area contributed by atoms with Gasteiger partial charge in [0.05, 0.1) is 0 Å². The van der Waals surface area contributed by atoms with Gasteiger partial charge in [0.15, 0.2) is 11.5 Å². The minimum Gasteiger partial charge on any atom is -0.348 e. The van der Waals surface area contributed by atoms with E-state index in [0.29, 0.717) is 16.9 Å². The molecule has 0 aliphatic carbocycles. The first-order valence-electron chi connectivity index (χ1n) is 9.62. The van der Waals surface area contributed by atoms with Gasteiger partial charge >= 0.3 is 0 Å². The van der Waals surface area contributed by atoms with Gasteiger partial charge in [-0.25, -0.2) is 4.98 Å². The number of benzene rings is 1. The molecule has 0 aliphatic heterocycles. The number of nitrogens with zero attached hydrogens (tertiary/aromatic N) is 2. The van der Waals surface area contributed by atoms with Gasteiger partial charge in [-0.2, -0.15) is 0 Å². The SMILES string of the molecule is CCc1ccc(C(=O)Nc2nc3ccc(C)cn3c2C(=O)NC(C)CC)cc1. The maximum Gasteiger partial charge on any atom is 0.272 e. The average Bonchev–Trinajstić information content (AvgIpc) is 3.04. The number of hydrogen-bond acceptors (Lipinski definition) is 3. The number of rotatable bonds is 6. The largest absolute Gasteiger partial charge is 0.348 e. The number of hydrogen-bond donors (Lipinski definition) is 2. The Morgan fingerprint density at radius 2 is 1.79 bits per heavy atom. The molecule has 2 heterocycles. The second-order valence-electron chi connectivity index (χ2n) is 7.03. The monoisotopic (exact) mass is 378 g/mol. The third-order valence-corrected chi connectivity index (χ3v) is 4.83. The number of aromatic nitrogens is 2. The highest BCUT2D eigenvalue weighted by molar-refractivity contribution is 6.08. The number of imidazole rings is 1. The molecule has 0 fully saturated rings. The lowest BCUT2D eigenvalue weighted by Gasteiger charge is -2.12. The van der Waals surface area contributed by atoms with E-state index in [-0.39, 0.29) is 23.7 Å². The third kappa shape index (κ3) is 4.06. The fourth-order valence-electron chi connectivity index (χ4n) is 2.92. The molecule has 0 aliphatic rings. The summed E-state index contributed by atoms with van der Waals surface area (Å²) >= 11 is 0. The van der Waals surface area contributed by atoms with Crippen molar-refractivity contribution in [3.05, 3.63) is 65.0 Å². The predicted octanol–water partition coefficient (Wildman–Crippen LogP) is 3.99. The van der Waals surface area contributed by atoms with Crippen molar-refractivity contribution in [2.24, 2.45) is 0 Å². The molecule has 6 nitrogen and oxygen atoms in total. The first-order valence-corrected chi connectivity index (χ1v) is 9.62. The lowest BCUT2D eigenvalue weighted by atomic mass is 10.1.